The first-order valence-electron chi connectivity index (χ1n) is 7.02. The Morgan fingerprint density at radius 2 is 1.75 bits per heavy atom. The highest BCUT2D eigenvalue weighted by molar-refractivity contribution is 14.1. The number of nitrogens with one attached hydrogen (secondary N) is 1. The molecule has 24 heavy (non-hydrogen) atoms. The zero-order chi connectivity index (χ0) is 17.7. The van der Waals surface area contributed by atoms with E-state index in [0.717, 1.165) is 8.47 Å². The van der Waals surface area contributed by atoms with Crippen LogP contribution in [-0.4, -0.2) is 35.0 Å². The molecule has 0 aromatic heterocycles. The summed E-state index contributed by atoms with van der Waals surface area (Å²) in [6.45, 7) is 0. The summed E-state index contributed by atoms with van der Waals surface area (Å²) in [6.07, 6.45) is 0. The van der Waals surface area contributed by atoms with Crippen LogP contribution in [-0.2, 0) is 4.79 Å². The van der Waals surface area contributed by atoms with Gasteiger partial charge in [-0.05, 0) is 52.4 Å². The Labute approximate surface area is 152 Å². The van der Waals surface area contributed by atoms with Gasteiger partial charge in [-0.1, -0.05) is 30.3 Å². The fourth-order valence-electron chi connectivity index (χ4n) is 2.06. The smallest absolute Gasteiger partial charge is 0.330 e. The number of urea groups is 1. The number of hydrogen-bond donors (Lipinski definition) is 2. The molecule has 0 aliphatic heterocycles. The zero-order valence-corrected chi connectivity index (χ0v) is 14.9. The number of halogens is 1. The van der Waals surface area contributed by atoms with Crippen molar-refractivity contribution in [3.63, 3.8) is 0 Å². The number of carboxylic acid groups (broad SMARTS) is 1. The average molecular weight is 438 g/mol. The minimum atomic E-state index is -1.24. The van der Waals surface area contributed by atoms with Crippen molar-refractivity contribution < 1.29 is 19.5 Å². The van der Waals surface area contributed by atoms with E-state index in [4.69, 9.17) is 0 Å². The van der Waals surface area contributed by atoms with Crippen LogP contribution in [0.3, 0.4) is 0 Å². The zero-order valence-electron chi connectivity index (χ0n) is 12.8. The first-order chi connectivity index (χ1) is 11.4. The van der Waals surface area contributed by atoms with Gasteiger partial charge < -0.3 is 10.4 Å². The molecule has 2 aromatic rings. The molecule has 0 aliphatic rings. The van der Waals surface area contributed by atoms with Crippen molar-refractivity contribution in [1.29, 1.82) is 0 Å². The van der Waals surface area contributed by atoms with Gasteiger partial charge in [-0.15, -0.1) is 0 Å². The molecule has 1 atom stereocenters. The van der Waals surface area contributed by atoms with E-state index in [0.29, 0.717) is 11.1 Å². The molecule has 0 fully saturated rings. The fourth-order valence-corrected chi connectivity index (χ4v) is 2.63. The third-order valence-electron chi connectivity index (χ3n) is 3.33. The van der Waals surface area contributed by atoms with E-state index < -0.39 is 23.9 Å². The van der Waals surface area contributed by atoms with Crippen LogP contribution in [0.25, 0.3) is 0 Å². The molecule has 0 saturated carbocycles. The normalized spacial score (nSPS) is 11.4. The molecule has 7 heteroatoms. The number of carboxylic acids is 1. The number of aliphatic carboxylic acids is 1. The highest BCUT2D eigenvalue weighted by Crippen LogP contribution is 2.17. The monoisotopic (exact) mass is 438 g/mol. The van der Waals surface area contributed by atoms with E-state index in [-0.39, 0.29) is 0 Å². The standard InChI is InChI=1S/C17H15IN2O4/c1-20(15(21)11-6-3-2-4-7-11)17(24)19-14(16(22)23)12-8-5-9-13(18)10-12/h2-10,14H,1H3,(H,19,24)(H,22,23). The molecule has 0 radical (unpaired) electrons. The van der Waals surface area contributed by atoms with Crippen molar-refractivity contribution in [2.75, 3.05) is 7.05 Å². The Morgan fingerprint density at radius 3 is 2.33 bits per heavy atom. The highest BCUT2D eigenvalue weighted by atomic mass is 127. The maximum atomic E-state index is 12.3. The predicted octanol–water partition coefficient (Wildman–Crippen LogP) is 2.90. The number of rotatable bonds is 4. The summed E-state index contributed by atoms with van der Waals surface area (Å²) in [5.74, 6) is -1.72. The lowest BCUT2D eigenvalue weighted by Gasteiger charge is -2.20. The van der Waals surface area contributed by atoms with Gasteiger partial charge in [-0.2, -0.15) is 0 Å². The number of benzene rings is 2. The van der Waals surface area contributed by atoms with E-state index >= 15 is 0 Å². The third kappa shape index (κ3) is 4.31. The number of nitrogens with zero attached hydrogens (tertiary/aromatic N) is 1. The summed E-state index contributed by atoms with van der Waals surface area (Å²) in [6, 6.07) is 13.1. The molecule has 6 nitrogen and oxygen atoms in total. The van der Waals surface area contributed by atoms with Gasteiger partial charge in [0.25, 0.3) is 5.91 Å². The van der Waals surface area contributed by atoms with Crippen LogP contribution in [0.15, 0.2) is 54.6 Å². The second-order valence-corrected chi connectivity index (χ2v) is 6.25. The summed E-state index contributed by atoms with van der Waals surface area (Å²) in [5.41, 5.74) is 0.777. The summed E-state index contributed by atoms with van der Waals surface area (Å²) >= 11 is 2.06. The molecule has 0 bridgehead atoms. The maximum Gasteiger partial charge on any atom is 0.330 e. The number of carbonyl (C=O) groups excluding carboxylic acids is 2. The number of imide groups is 1. The Balaban J connectivity index is 2.16. The molecular weight excluding hydrogens is 423 g/mol. The number of hydrogen-bond acceptors (Lipinski definition) is 3. The molecule has 0 saturated heterocycles. The molecular formula is C17H15IN2O4. The lowest BCUT2D eigenvalue weighted by atomic mass is 10.1. The second-order valence-electron chi connectivity index (χ2n) is 5.01. The lowest BCUT2D eigenvalue weighted by molar-refractivity contribution is -0.139. The average Bonchev–Trinajstić information content (AvgIpc) is 2.58. The van der Waals surface area contributed by atoms with Gasteiger partial charge in [0.2, 0.25) is 0 Å². The van der Waals surface area contributed by atoms with Crippen LogP contribution in [0.2, 0.25) is 0 Å². The van der Waals surface area contributed by atoms with Crippen LogP contribution in [0.5, 0.6) is 0 Å². The van der Waals surface area contributed by atoms with Gasteiger partial charge in [-0.25, -0.2) is 9.59 Å². The van der Waals surface area contributed by atoms with Gasteiger partial charge in [-0.3, -0.25) is 9.69 Å². The molecule has 0 spiro atoms. The molecule has 124 valence electrons. The Kier molecular flexibility index (Phi) is 5.91. The van der Waals surface area contributed by atoms with Gasteiger partial charge >= 0.3 is 12.0 Å². The Bertz CT molecular complexity index is 764. The molecule has 2 aromatic carbocycles. The van der Waals surface area contributed by atoms with Crippen LogP contribution in [0, 0.1) is 3.57 Å². The van der Waals surface area contributed by atoms with E-state index in [1.807, 2.05) is 6.07 Å². The summed E-state index contributed by atoms with van der Waals surface area (Å²) < 4.78 is 0.847. The van der Waals surface area contributed by atoms with Gasteiger partial charge in [0.15, 0.2) is 6.04 Å². The summed E-state index contributed by atoms with van der Waals surface area (Å²) in [7, 11) is 1.30. The minimum Gasteiger partial charge on any atom is -0.479 e. The van der Waals surface area contributed by atoms with E-state index in [9.17, 15) is 19.5 Å². The second kappa shape index (κ2) is 7.91. The maximum absolute atomic E-state index is 12.3. The van der Waals surface area contributed by atoms with Crippen molar-refractivity contribution >= 4 is 40.5 Å². The molecule has 2 N–H and O–H groups in total. The van der Waals surface area contributed by atoms with Crippen molar-refractivity contribution in [3.8, 4) is 0 Å². The third-order valence-corrected chi connectivity index (χ3v) is 4.00. The van der Waals surface area contributed by atoms with Crippen molar-refractivity contribution in [2.24, 2.45) is 0 Å². The SMILES string of the molecule is CN(C(=O)NC(C(=O)O)c1cccc(I)c1)C(=O)c1ccccc1. The van der Waals surface area contributed by atoms with Gasteiger partial charge in [0, 0.05) is 16.2 Å². The number of amides is 3. The van der Waals surface area contributed by atoms with E-state index in [1.54, 1.807) is 48.5 Å². The first-order valence-corrected chi connectivity index (χ1v) is 8.10. The van der Waals surface area contributed by atoms with Gasteiger partial charge in [0.05, 0.1) is 0 Å². The molecule has 3 amide bonds. The fraction of sp³-hybridized carbons (Fsp3) is 0.118. The predicted molar refractivity (Wildman–Crippen MR) is 96.6 cm³/mol. The first kappa shape index (κ1) is 17.9. The summed E-state index contributed by atoms with van der Waals surface area (Å²) in [5, 5.41) is 11.8. The Hall–Kier alpha value is -2.42. The van der Waals surface area contributed by atoms with Crippen LogP contribution in [0.4, 0.5) is 4.79 Å². The van der Waals surface area contributed by atoms with Crippen LogP contribution >= 0.6 is 22.6 Å². The van der Waals surface area contributed by atoms with Crippen molar-refractivity contribution in [1.82, 2.24) is 10.2 Å². The topological polar surface area (TPSA) is 86.7 Å². The van der Waals surface area contributed by atoms with Crippen LogP contribution < -0.4 is 5.32 Å². The Morgan fingerprint density at radius 1 is 1.08 bits per heavy atom. The summed E-state index contributed by atoms with van der Waals surface area (Å²) in [4.78, 5) is 36.9. The van der Waals surface area contributed by atoms with Crippen LogP contribution in [0.1, 0.15) is 22.0 Å². The quantitative estimate of drug-likeness (QED) is 0.719. The lowest BCUT2D eigenvalue weighted by Crippen LogP contribution is -2.44. The van der Waals surface area contributed by atoms with E-state index in [2.05, 4.69) is 27.9 Å². The molecule has 0 aliphatic carbocycles. The number of carbonyl (C=O) groups is 3. The molecule has 2 rings (SSSR count). The van der Waals surface area contributed by atoms with Gasteiger partial charge in [0.1, 0.15) is 0 Å². The molecule has 0 heterocycles. The van der Waals surface area contributed by atoms with Crippen molar-refractivity contribution in [2.45, 2.75) is 6.04 Å². The van der Waals surface area contributed by atoms with Crippen molar-refractivity contribution in [3.05, 3.63) is 69.3 Å². The molecule has 1 unspecified atom stereocenters. The highest BCUT2D eigenvalue weighted by Gasteiger charge is 2.26. The van der Waals surface area contributed by atoms with E-state index in [1.165, 1.54) is 7.05 Å². The minimum absolute atomic E-state index is 0.344. The largest absolute Gasteiger partial charge is 0.479 e.